The third kappa shape index (κ3) is 3.82. The van der Waals surface area contributed by atoms with Gasteiger partial charge in [0.2, 0.25) is 0 Å². The van der Waals surface area contributed by atoms with Crippen molar-refractivity contribution in [2.24, 2.45) is 0 Å². The first-order valence-electron chi connectivity index (χ1n) is 9.58. The van der Waals surface area contributed by atoms with Crippen molar-refractivity contribution in [3.63, 3.8) is 0 Å². The molecule has 0 spiro atoms. The van der Waals surface area contributed by atoms with E-state index in [1.165, 1.54) is 0 Å². The molecule has 3 heterocycles. The van der Waals surface area contributed by atoms with Crippen molar-refractivity contribution in [1.29, 1.82) is 0 Å². The van der Waals surface area contributed by atoms with E-state index >= 15 is 0 Å². The first-order chi connectivity index (χ1) is 12.7. The van der Waals surface area contributed by atoms with Crippen LogP contribution in [0.4, 0.5) is 0 Å². The van der Waals surface area contributed by atoms with E-state index in [0.717, 1.165) is 63.4 Å². The first-order valence-corrected chi connectivity index (χ1v) is 9.58. The predicted octanol–water partition coefficient (Wildman–Crippen LogP) is 3.00. The zero-order valence-corrected chi connectivity index (χ0v) is 15.3. The fourth-order valence-corrected chi connectivity index (χ4v) is 3.70. The maximum absolute atomic E-state index is 6.41. The molecule has 2 fully saturated rings. The van der Waals surface area contributed by atoms with Crippen LogP contribution in [0.3, 0.4) is 0 Å². The van der Waals surface area contributed by atoms with E-state index in [0.29, 0.717) is 5.89 Å². The summed E-state index contributed by atoms with van der Waals surface area (Å²) in [6.45, 7) is 5.68. The Morgan fingerprint density at radius 2 is 1.88 bits per heavy atom. The molecule has 0 amide bonds. The summed E-state index contributed by atoms with van der Waals surface area (Å²) < 4.78 is 17.6. The number of piperidine rings is 1. The zero-order chi connectivity index (χ0) is 17.8. The Morgan fingerprint density at radius 1 is 1.15 bits per heavy atom. The van der Waals surface area contributed by atoms with Crippen molar-refractivity contribution in [3.05, 3.63) is 47.6 Å². The van der Waals surface area contributed by atoms with Gasteiger partial charge >= 0.3 is 0 Å². The summed E-state index contributed by atoms with van der Waals surface area (Å²) in [5.41, 5.74) is 1.01. The Labute approximate surface area is 154 Å². The number of benzene rings is 1. The Kier molecular flexibility index (Phi) is 5.33. The highest BCUT2D eigenvalue weighted by Crippen LogP contribution is 2.34. The quantitative estimate of drug-likeness (QED) is 0.887. The molecule has 0 aliphatic carbocycles. The number of hydrogen-bond acceptors (Lipinski definition) is 6. The topological polar surface area (TPSA) is 69.4 Å². The van der Waals surface area contributed by atoms with Crippen molar-refractivity contribution >= 4 is 0 Å². The molecular weight excluding hydrogens is 330 g/mol. The second-order valence-corrected chi connectivity index (χ2v) is 7.51. The van der Waals surface area contributed by atoms with E-state index in [9.17, 15) is 0 Å². The Bertz CT molecular complexity index is 691. The summed E-state index contributed by atoms with van der Waals surface area (Å²) in [5.74, 6) is 1.35. The second-order valence-electron chi connectivity index (χ2n) is 7.51. The van der Waals surface area contributed by atoms with Gasteiger partial charge in [0.1, 0.15) is 0 Å². The molecule has 2 aromatic rings. The minimum absolute atomic E-state index is 0.0348. The molecule has 1 N–H and O–H groups in total. The Balaban J connectivity index is 1.59. The second kappa shape index (κ2) is 7.86. The summed E-state index contributed by atoms with van der Waals surface area (Å²) >= 11 is 0. The van der Waals surface area contributed by atoms with Crippen LogP contribution in [0.15, 0.2) is 34.9 Å². The molecule has 140 valence electrons. The van der Waals surface area contributed by atoms with Crippen LogP contribution in [0.1, 0.15) is 56.0 Å². The number of aromatic nitrogens is 2. The van der Waals surface area contributed by atoms with Crippen LogP contribution in [0, 0.1) is 0 Å². The molecule has 1 aromatic heterocycles. The zero-order valence-electron chi connectivity index (χ0n) is 15.3. The fraction of sp³-hybridized carbons (Fsp3) is 0.600. The molecule has 4 rings (SSSR count). The van der Waals surface area contributed by atoms with Crippen LogP contribution in [0.5, 0.6) is 0 Å². The standard InChI is InChI=1S/C20H27N3O3/c1-20(9-11-21-12-10-20)19-22-18(26-23-19)17(15-5-3-2-4-6-15)25-16-7-13-24-14-8-16/h2-6,16-17,21H,7-14H2,1H3. The van der Waals surface area contributed by atoms with E-state index < -0.39 is 0 Å². The summed E-state index contributed by atoms with van der Waals surface area (Å²) in [6, 6.07) is 10.1. The monoisotopic (exact) mass is 357 g/mol. The molecule has 0 saturated carbocycles. The Morgan fingerprint density at radius 3 is 2.62 bits per heavy atom. The highest BCUT2D eigenvalue weighted by molar-refractivity contribution is 5.23. The van der Waals surface area contributed by atoms with Gasteiger partial charge in [-0.3, -0.25) is 0 Å². The molecule has 6 nitrogen and oxygen atoms in total. The van der Waals surface area contributed by atoms with Gasteiger partial charge in [-0.2, -0.15) is 4.98 Å². The van der Waals surface area contributed by atoms with Gasteiger partial charge in [0.05, 0.1) is 6.10 Å². The molecule has 6 heteroatoms. The molecule has 0 bridgehead atoms. The molecule has 0 radical (unpaired) electrons. The number of nitrogens with one attached hydrogen (secondary N) is 1. The SMILES string of the molecule is CC1(c2noc(C(OC3CCOCC3)c3ccccc3)n2)CCNCC1. The van der Waals surface area contributed by atoms with Crippen molar-refractivity contribution in [2.75, 3.05) is 26.3 Å². The van der Waals surface area contributed by atoms with E-state index in [1.807, 2.05) is 18.2 Å². The third-order valence-corrected chi connectivity index (χ3v) is 5.51. The minimum atomic E-state index is -0.328. The van der Waals surface area contributed by atoms with E-state index in [4.69, 9.17) is 19.0 Å². The molecule has 1 aromatic carbocycles. The van der Waals surface area contributed by atoms with Gasteiger partial charge < -0.3 is 19.3 Å². The molecule has 1 atom stereocenters. The predicted molar refractivity (Wildman–Crippen MR) is 97.0 cm³/mol. The molecule has 2 aliphatic rings. The van der Waals surface area contributed by atoms with Crippen molar-refractivity contribution in [1.82, 2.24) is 15.5 Å². The van der Waals surface area contributed by atoms with Gasteiger partial charge in [-0.05, 0) is 44.3 Å². The fourth-order valence-electron chi connectivity index (χ4n) is 3.70. The lowest BCUT2D eigenvalue weighted by Gasteiger charge is -2.30. The molecule has 26 heavy (non-hydrogen) atoms. The lowest BCUT2D eigenvalue weighted by Crippen LogP contribution is -2.38. The number of rotatable bonds is 5. The summed E-state index contributed by atoms with van der Waals surface area (Å²) in [7, 11) is 0. The van der Waals surface area contributed by atoms with Crippen LogP contribution < -0.4 is 5.32 Å². The van der Waals surface area contributed by atoms with Crippen molar-refractivity contribution in [3.8, 4) is 0 Å². The van der Waals surface area contributed by atoms with Gasteiger partial charge in [0, 0.05) is 18.6 Å². The number of ether oxygens (including phenoxy) is 2. The summed E-state index contributed by atoms with van der Waals surface area (Å²) in [5, 5.41) is 7.73. The molecule has 1 unspecified atom stereocenters. The average Bonchev–Trinajstić information content (AvgIpc) is 3.19. The lowest BCUT2D eigenvalue weighted by molar-refractivity contribution is -0.0647. The highest BCUT2D eigenvalue weighted by Gasteiger charge is 2.35. The van der Waals surface area contributed by atoms with Crippen LogP contribution >= 0.6 is 0 Å². The van der Waals surface area contributed by atoms with Gasteiger partial charge in [-0.1, -0.05) is 42.4 Å². The average molecular weight is 357 g/mol. The molecule has 2 saturated heterocycles. The molecule has 2 aliphatic heterocycles. The van der Waals surface area contributed by atoms with E-state index in [2.05, 4.69) is 29.5 Å². The van der Waals surface area contributed by atoms with E-state index in [-0.39, 0.29) is 17.6 Å². The minimum Gasteiger partial charge on any atom is -0.381 e. The van der Waals surface area contributed by atoms with Gasteiger partial charge in [0.15, 0.2) is 11.9 Å². The lowest BCUT2D eigenvalue weighted by atomic mass is 9.80. The Hall–Kier alpha value is -1.76. The van der Waals surface area contributed by atoms with Crippen LogP contribution in [0.25, 0.3) is 0 Å². The smallest absolute Gasteiger partial charge is 0.260 e. The molecular formula is C20H27N3O3. The first kappa shape index (κ1) is 17.6. The van der Waals surface area contributed by atoms with Crippen LogP contribution in [-0.4, -0.2) is 42.5 Å². The number of nitrogens with zero attached hydrogens (tertiary/aromatic N) is 2. The summed E-state index contributed by atoms with van der Waals surface area (Å²) in [6.07, 6.45) is 3.65. The summed E-state index contributed by atoms with van der Waals surface area (Å²) in [4.78, 5) is 4.79. The maximum atomic E-state index is 6.41. The normalized spacial score (nSPS) is 22.2. The van der Waals surface area contributed by atoms with Gasteiger partial charge in [-0.25, -0.2) is 0 Å². The van der Waals surface area contributed by atoms with Crippen LogP contribution in [-0.2, 0) is 14.9 Å². The van der Waals surface area contributed by atoms with Crippen molar-refractivity contribution < 1.29 is 14.0 Å². The van der Waals surface area contributed by atoms with Crippen LogP contribution in [0.2, 0.25) is 0 Å². The van der Waals surface area contributed by atoms with Crippen molar-refractivity contribution in [2.45, 2.75) is 50.2 Å². The van der Waals surface area contributed by atoms with Gasteiger partial charge in [0.25, 0.3) is 5.89 Å². The van der Waals surface area contributed by atoms with Gasteiger partial charge in [-0.15, -0.1) is 0 Å². The number of hydrogen-bond donors (Lipinski definition) is 1. The largest absolute Gasteiger partial charge is 0.381 e. The van der Waals surface area contributed by atoms with E-state index in [1.54, 1.807) is 0 Å². The third-order valence-electron chi connectivity index (χ3n) is 5.51. The highest BCUT2D eigenvalue weighted by atomic mass is 16.5. The maximum Gasteiger partial charge on any atom is 0.260 e.